The first-order valence-electron chi connectivity index (χ1n) is 7.59. The van der Waals surface area contributed by atoms with Gasteiger partial charge in [-0.15, -0.1) is 0 Å². The lowest BCUT2D eigenvalue weighted by atomic mass is 9.79. The van der Waals surface area contributed by atoms with E-state index in [4.69, 9.17) is 14.2 Å². The average molecular weight is 304 g/mol. The van der Waals surface area contributed by atoms with Crippen molar-refractivity contribution in [1.29, 1.82) is 0 Å². The third kappa shape index (κ3) is 2.34. The molecule has 1 aromatic carbocycles. The summed E-state index contributed by atoms with van der Waals surface area (Å²) in [6.07, 6.45) is 1.94. The third-order valence-corrected chi connectivity index (χ3v) is 4.84. The maximum atomic E-state index is 12.3. The number of ether oxygens (including phenoxy) is 3. The Labute approximate surface area is 129 Å². The van der Waals surface area contributed by atoms with Gasteiger partial charge >= 0.3 is 5.97 Å². The number of aldehydes is 1. The summed E-state index contributed by atoms with van der Waals surface area (Å²) in [7, 11) is 0. The molecule has 1 spiro atoms. The predicted molar refractivity (Wildman–Crippen MR) is 78.3 cm³/mol. The van der Waals surface area contributed by atoms with Crippen molar-refractivity contribution in [3.05, 3.63) is 35.9 Å². The number of carbonyl (C=O) groups excluding carboxylic acids is 2. The highest BCUT2D eigenvalue weighted by Gasteiger charge is 2.62. The summed E-state index contributed by atoms with van der Waals surface area (Å²) in [4.78, 5) is 23.5. The molecular formula is C17H20O5. The molecule has 118 valence electrons. The molecule has 1 aliphatic heterocycles. The molecule has 0 bridgehead atoms. The minimum Gasteiger partial charge on any atom is -0.458 e. The Morgan fingerprint density at radius 2 is 2.00 bits per heavy atom. The SMILES string of the molecule is CC1(CC=O)C(OC(=O)c2ccccc2)CCC12OCCO2. The molecule has 3 rings (SSSR count). The zero-order chi connectivity index (χ0) is 15.6. The molecule has 0 radical (unpaired) electrons. The number of hydrogen-bond acceptors (Lipinski definition) is 5. The molecule has 0 amide bonds. The van der Waals surface area contributed by atoms with Gasteiger partial charge in [0.15, 0.2) is 5.79 Å². The molecule has 5 heteroatoms. The van der Waals surface area contributed by atoms with E-state index in [1.807, 2.05) is 13.0 Å². The first kappa shape index (κ1) is 15.2. The second kappa shape index (κ2) is 5.82. The Morgan fingerprint density at radius 3 is 2.64 bits per heavy atom. The minimum atomic E-state index is -0.810. The first-order chi connectivity index (χ1) is 10.6. The van der Waals surface area contributed by atoms with E-state index in [1.54, 1.807) is 24.3 Å². The van der Waals surface area contributed by atoms with Crippen LogP contribution in [0.5, 0.6) is 0 Å². The van der Waals surface area contributed by atoms with Gasteiger partial charge < -0.3 is 19.0 Å². The van der Waals surface area contributed by atoms with Crippen LogP contribution < -0.4 is 0 Å². The fraction of sp³-hybridized carbons (Fsp3) is 0.529. The van der Waals surface area contributed by atoms with E-state index >= 15 is 0 Å². The fourth-order valence-corrected chi connectivity index (χ4v) is 3.52. The number of hydrogen-bond donors (Lipinski definition) is 0. The van der Waals surface area contributed by atoms with Crippen LogP contribution in [0.15, 0.2) is 30.3 Å². The fourth-order valence-electron chi connectivity index (χ4n) is 3.52. The van der Waals surface area contributed by atoms with Crippen LogP contribution in [0.4, 0.5) is 0 Å². The summed E-state index contributed by atoms with van der Waals surface area (Å²) in [6, 6.07) is 8.86. The highest BCUT2D eigenvalue weighted by atomic mass is 16.7. The topological polar surface area (TPSA) is 61.8 Å². The molecule has 22 heavy (non-hydrogen) atoms. The molecule has 2 aliphatic rings. The van der Waals surface area contributed by atoms with Gasteiger partial charge in [0, 0.05) is 12.8 Å². The zero-order valence-corrected chi connectivity index (χ0v) is 12.6. The Bertz CT molecular complexity index is 549. The standard InChI is InChI=1S/C17H20O5/c1-16(9-10-18)14(7-8-17(16)20-11-12-21-17)22-15(19)13-5-3-2-4-6-13/h2-6,10,14H,7-9,11-12H2,1H3. The molecule has 0 aromatic heterocycles. The summed E-state index contributed by atoms with van der Waals surface area (Å²) < 4.78 is 17.3. The lowest BCUT2D eigenvalue weighted by Crippen LogP contribution is -2.49. The van der Waals surface area contributed by atoms with Crippen molar-refractivity contribution in [1.82, 2.24) is 0 Å². The molecular weight excluding hydrogens is 284 g/mol. The van der Waals surface area contributed by atoms with Crippen LogP contribution in [-0.2, 0) is 19.0 Å². The van der Waals surface area contributed by atoms with Crippen LogP contribution in [0.2, 0.25) is 0 Å². The van der Waals surface area contributed by atoms with Gasteiger partial charge in [0.05, 0.1) is 24.2 Å². The van der Waals surface area contributed by atoms with Crippen molar-refractivity contribution in [2.24, 2.45) is 5.41 Å². The van der Waals surface area contributed by atoms with E-state index in [1.165, 1.54) is 0 Å². The second-order valence-corrected chi connectivity index (χ2v) is 6.04. The van der Waals surface area contributed by atoms with Crippen LogP contribution in [0, 0.1) is 5.41 Å². The Kier molecular flexibility index (Phi) is 4.02. The average Bonchev–Trinajstić information content (AvgIpc) is 3.11. The lowest BCUT2D eigenvalue weighted by molar-refractivity contribution is -0.230. The summed E-state index contributed by atoms with van der Waals surface area (Å²) in [5.41, 5.74) is -0.152. The van der Waals surface area contributed by atoms with Crippen LogP contribution in [0.25, 0.3) is 0 Å². The van der Waals surface area contributed by atoms with Crippen LogP contribution in [0.3, 0.4) is 0 Å². The van der Waals surface area contributed by atoms with Gasteiger partial charge in [-0.05, 0) is 18.6 Å². The highest BCUT2D eigenvalue weighted by Crippen LogP contribution is 2.54. The Balaban J connectivity index is 1.81. The molecule has 1 saturated heterocycles. The minimum absolute atomic E-state index is 0.236. The zero-order valence-electron chi connectivity index (χ0n) is 12.6. The van der Waals surface area contributed by atoms with E-state index in [2.05, 4.69) is 0 Å². The van der Waals surface area contributed by atoms with Crippen LogP contribution >= 0.6 is 0 Å². The summed E-state index contributed by atoms with van der Waals surface area (Å²) in [6.45, 7) is 2.92. The molecule has 0 N–H and O–H groups in total. The van der Waals surface area contributed by atoms with Gasteiger partial charge in [0.1, 0.15) is 12.4 Å². The molecule has 2 unspecified atom stereocenters. The van der Waals surface area contributed by atoms with Crippen molar-refractivity contribution >= 4 is 12.3 Å². The lowest BCUT2D eigenvalue weighted by Gasteiger charge is -2.40. The number of carbonyl (C=O) groups is 2. The highest BCUT2D eigenvalue weighted by molar-refractivity contribution is 5.89. The maximum Gasteiger partial charge on any atom is 0.338 e. The van der Waals surface area contributed by atoms with Crippen molar-refractivity contribution in [3.8, 4) is 0 Å². The summed E-state index contributed by atoms with van der Waals surface area (Å²) >= 11 is 0. The van der Waals surface area contributed by atoms with Crippen molar-refractivity contribution in [2.45, 2.75) is 38.1 Å². The molecule has 1 aliphatic carbocycles. The van der Waals surface area contributed by atoms with Crippen LogP contribution in [-0.4, -0.2) is 37.4 Å². The van der Waals surface area contributed by atoms with E-state index in [0.29, 0.717) is 31.6 Å². The van der Waals surface area contributed by atoms with Gasteiger partial charge in [-0.3, -0.25) is 0 Å². The first-order valence-corrected chi connectivity index (χ1v) is 7.59. The smallest absolute Gasteiger partial charge is 0.338 e. The number of benzene rings is 1. The molecule has 5 nitrogen and oxygen atoms in total. The number of rotatable bonds is 4. The molecule has 2 atom stereocenters. The van der Waals surface area contributed by atoms with Gasteiger partial charge in [-0.2, -0.15) is 0 Å². The monoisotopic (exact) mass is 304 g/mol. The van der Waals surface area contributed by atoms with Crippen molar-refractivity contribution in [2.75, 3.05) is 13.2 Å². The van der Waals surface area contributed by atoms with E-state index in [0.717, 1.165) is 6.29 Å². The second-order valence-electron chi connectivity index (χ2n) is 6.04. The van der Waals surface area contributed by atoms with Gasteiger partial charge in [0.25, 0.3) is 0 Å². The van der Waals surface area contributed by atoms with Crippen molar-refractivity contribution in [3.63, 3.8) is 0 Å². The molecule has 2 fully saturated rings. The molecule has 1 saturated carbocycles. The van der Waals surface area contributed by atoms with Gasteiger partial charge in [-0.25, -0.2) is 4.79 Å². The molecule has 1 heterocycles. The Hall–Kier alpha value is -1.72. The van der Waals surface area contributed by atoms with Crippen molar-refractivity contribution < 1.29 is 23.8 Å². The maximum absolute atomic E-state index is 12.3. The van der Waals surface area contributed by atoms with E-state index < -0.39 is 17.3 Å². The number of esters is 1. The Morgan fingerprint density at radius 1 is 1.32 bits per heavy atom. The van der Waals surface area contributed by atoms with Gasteiger partial charge in [0.2, 0.25) is 0 Å². The molecule has 1 aromatic rings. The van der Waals surface area contributed by atoms with E-state index in [9.17, 15) is 9.59 Å². The third-order valence-electron chi connectivity index (χ3n) is 4.84. The summed E-state index contributed by atoms with van der Waals surface area (Å²) in [5, 5.41) is 0. The largest absolute Gasteiger partial charge is 0.458 e. The quantitative estimate of drug-likeness (QED) is 0.631. The van der Waals surface area contributed by atoms with Crippen LogP contribution in [0.1, 0.15) is 36.5 Å². The van der Waals surface area contributed by atoms with Gasteiger partial charge in [-0.1, -0.05) is 25.1 Å². The predicted octanol–water partition coefficient (Wildman–Crippen LogP) is 2.34. The van der Waals surface area contributed by atoms with E-state index in [-0.39, 0.29) is 12.4 Å². The normalized spacial score (nSPS) is 29.6. The summed E-state index contributed by atoms with van der Waals surface area (Å²) in [5.74, 6) is -1.19.